The van der Waals surface area contributed by atoms with Crippen LogP contribution in [0.25, 0.3) is 0 Å². The lowest BCUT2D eigenvalue weighted by Crippen LogP contribution is -2.34. The number of aromatic nitrogens is 1. The predicted octanol–water partition coefficient (Wildman–Crippen LogP) is 6.39. The van der Waals surface area contributed by atoms with Gasteiger partial charge in [0, 0.05) is 16.5 Å². The molecule has 0 amide bonds. The smallest absolute Gasteiger partial charge is 0.320 e. The van der Waals surface area contributed by atoms with Gasteiger partial charge in [-0.15, -0.1) is 11.3 Å². The summed E-state index contributed by atoms with van der Waals surface area (Å²) in [6, 6.07) is 17.7. The Hall–Kier alpha value is -2.84. The Labute approximate surface area is 214 Å². The molecule has 0 saturated heterocycles. The van der Waals surface area contributed by atoms with Crippen LogP contribution in [0.1, 0.15) is 48.7 Å². The van der Waals surface area contributed by atoms with Gasteiger partial charge in [-0.1, -0.05) is 42.1 Å². The molecular weight excluding hydrogens is 482 g/mol. The molecular formula is C27H29NO5S2. The van der Waals surface area contributed by atoms with Crippen molar-refractivity contribution >= 4 is 35.0 Å². The minimum Gasteiger partial charge on any atom is -0.465 e. The normalized spacial score (nSPS) is 14.9. The zero-order valence-corrected chi connectivity index (χ0v) is 21.5. The average molecular weight is 512 g/mol. The first-order valence-electron chi connectivity index (χ1n) is 11.9. The number of nitrogens with zero attached hydrogens (tertiary/aromatic N) is 1. The molecule has 0 aliphatic heterocycles. The van der Waals surface area contributed by atoms with Crippen molar-refractivity contribution in [1.82, 2.24) is 4.98 Å². The van der Waals surface area contributed by atoms with Crippen molar-refractivity contribution in [3.8, 4) is 11.5 Å². The van der Waals surface area contributed by atoms with Crippen LogP contribution >= 0.6 is 23.1 Å². The molecule has 0 bridgehead atoms. The van der Waals surface area contributed by atoms with Gasteiger partial charge in [0.05, 0.1) is 18.9 Å². The standard InChI is InChI=1S/C27H29NO5S2/c1-3-31-25(29)23(26(30)32-4-2)21-14-9-15-22-24(21)35-27(28-22)34-17-18-10-8-13-20(16-18)33-19-11-6-5-7-12-19/h5-8,10-13,16,21,23H,3-4,9,14-15,17H2,1-2H3. The first-order chi connectivity index (χ1) is 17.1. The Bertz CT molecular complexity index is 1130. The number of carbonyl (C=O) groups excluding carboxylic acids is 2. The second-order valence-electron chi connectivity index (χ2n) is 8.12. The maximum absolute atomic E-state index is 12.7. The lowest BCUT2D eigenvalue weighted by atomic mass is 9.82. The quantitative estimate of drug-likeness (QED) is 0.177. The molecule has 0 radical (unpaired) electrons. The fourth-order valence-electron chi connectivity index (χ4n) is 4.17. The number of ether oxygens (including phenoxy) is 3. The molecule has 1 atom stereocenters. The molecule has 35 heavy (non-hydrogen) atoms. The van der Waals surface area contributed by atoms with E-state index in [1.807, 2.05) is 48.5 Å². The fraction of sp³-hybridized carbons (Fsp3) is 0.370. The molecule has 6 nitrogen and oxygen atoms in total. The number of carbonyl (C=O) groups is 2. The SMILES string of the molecule is CCOC(=O)C(C(=O)OCC)C1CCCc2nc(SCc3cccc(Oc4ccccc4)c3)sc21. The van der Waals surface area contributed by atoms with Gasteiger partial charge in [-0.25, -0.2) is 4.98 Å². The van der Waals surface area contributed by atoms with Crippen LogP contribution in [0, 0.1) is 5.92 Å². The van der Waals surface area contributed by atoms with E-state index in [0.717, 1.165) is 57.0 Å². The van der Waals surface area contributed by atoms with Gasteiger partial charge >= 0.3 is 11.9 Å². The predicted molar refractivity (Wildman–Crippen MR) is 137 cm³/mol. The number of esters is 2. The molecule has 2 aromatic carbocycles. The molecule has 184 valence electrons. The molecule has 4 rings (SSSR count). The number of benzene rings is 2. The Morgan fingerprint density at radius 2 is 1.74 bits per heavy atom. The van der Waals surface area contributed by atoms with Crippen LogP contribution in [0.4, 0.5) is 0 Å². The molecule has 0 fully saturated rings. The molecule has 0 saturated carbocycles. The summed E-state index contributed by atoms with van der Waals surface area (Å²) in [4.78, 5) is 31.2. The lowest BCUT2D eigenvalue weighted by Gasteiger charge is -2.26. The first kappa shape index (κ1) is 25.3. The summed E-state index contributed by atoms with van der Waals surface area (Å²) in [5, 5.41) is 0. The van der Waals surface area contributed by atoms with Crippen molar-refractivity contribution in [1.29, 1.82) is 0 Å². The second-order valence-corrected chi connectivity index (χ2v) is 10.4. The van der Waals surface area contributed by atoms with E-state index in [4.69, 9.17) is 19.2 Å². The molecule has 1 aliphatic rings. The van der Waals surface area contributed by atoms with Gasteiger partial charge in [0.25, 0.3) is 0 Å². The van der Waals surface area contributed by atoms with Crippen molar-refractivity contribution in [3.63, 3.8) is 0 Å². The molecule has 0 N–H and O–H groups in total. The molecule has 1 heterocycles. The van der Waals surface area contributed by atoms with Gasteiger partial charge in [-0.2, -0.15) is 0 Å². The van der Waals surface area contributed by atoms with E-state index in [1.54, 1.807) is 36.9 Å². The van der Waals surface area contributed by atoms with Crippen molar-refractivity contribution < 1.29 is 23.8 Å². The number of hydrogen-bond donors (Lipinski definition) is 0. The highest BCUT2D eigenvalue weighted by molar-refractivity contribution is 8.00. The van der Waals surface area contributed by atoms with E-state index >= 15 is 0 Å². The summed E-state index contributed by atoms with van der Waals surface area (Å²) >= 11 is 3.23. The van der Waals surface area contributed by atoms with E-state index in [0.29, 0.717) is 0 Å². The number of para-hydroxylation sites is 1. The Balaban J connectivity index is 1.47. The Kier molecular flexibility index (Phi) is 8.82. The van der Waals surface area contributed by atoms with Crippen molar-refractivity contribution in [2.75, 3.05) is 13.2 Å². The molecule has 0 spiro atoms. The van der Waals surface area contributed by atoms with E-state index in [9.17, 15) is 9.59 Å². The van der Waals surface area contributed by atoms with E-state index in [-0.39, 0.29) is 19.1 Å². The summed E-state index contributed by atoms with van der Waals surface area (Å²) in [7, 11) is 0. The molecule has 3 aromatic rings. The molecule has 1 unspecified atom stereocenters. The summed E-state index contributed by atoms with van der Waals surface area (Å²) in [5.41, 5.74) is 2.11. The maximum atomic E-state index is 12.7. The monoisotopic (exact) mass is 511 g/mol. The van der Waals surface area contributed by atoms with Crippen molar-refractivity contribution in [2.45, 2.75) is 49.1 Å². The fourth-order valence-corrected chi connectivity index (χ4v) is 6.51. The molecule has 8 heteroatoms. The zero-order valence-electron chi connectivity index (χ0n) is 19.9. The third kappa shape index (κ3) is 6.44. The van der Waals surface area contributed by atoms with Crippen LogP contribution in [0.3, 0.4) is 0 Å². The summed E-state index contributed by atoms with van der Waals surface area (Å²) < 4.78 is 17.4. The highest BCUT2D eigenvalue weighted by Crippen LogP contribution is 2.44. The number of hydrogen-bond acceptors (Lipinski definition) is 8. The average Bonchev–Trinajstić information content (AvgIpc) is 3.28. The zero-order chi connectivity index (χ0) is 24.6. The van der Waals surface area contributed by atoms with Crippen LogP contribution in [0.2, 0.25) is 0 Å². The Morgan fingerprint density at radius 1 is 1.03 bits per heavy atom. The largest absolute Gasteiger partial charge is 0.465 e. The van der Waals surface area contributed by atoms with Crippen molar-refractivity contribution in [2.24, 2.45) is 5.92 Å². The Morgan fingerprint density at radius 3 is 2.46 bits per heavy atom. The molecule has 1 aromatic heterocycles. The highest BCUT2D eigenvalue weighted by Gasteiger charge is 2.41. The van der Waals surface area contributed by atoms with E-state index in [1.165, 1.54) is 0 Å². The van der Waals surface area contributed by atoms with Crippen molar-refractivity contribution in [3.05, 3.63) is 70.7 Å². The van der Waals surface area contributed by atoms with E-state index < -0.39 is 17.9 Å². The van der Waals surface area contributed by atoms with Gasteiger partial charge in [-0.05, 0) is 62.9 Å². The van der Waals surface area contributed by atoms with Crippen LogP contribution in [-0.2, 0) is 31.2 Å². The minimum absolute atomic E-state index is 0.227. The van der Waals surface area contributed by atoms with Gasteiger partial charge in [-0.3, -0.25) is 9.59 Å². The van der Waals surface area contributed by atoms with Gasteiger partial charge in [0.15, 0.2) is 10.3 Å². The highest BCUT2D eigenvalue weighted by atomic mass is 32.2. The summed E-state index contributed by atoms with van der Waals surface area (Å²) in [6.45, 7) is 3.94. The number of rotatable bonds is 10. The minimum atomic E-state index is -0.945. The number of thioether (sulfide) groups is 1. The van der Waals surface area contributed by atoms with Crippen LogP contribution in [0.5, 0.6) is 11.5 Å². The third-order valence-electron chi connectivity index (χ3n) is 5.70. The van der Waals surface area contributed by atoms with E-state index in [2.05, 4.69) is 6.07 Å². The van der Waals surface area contributed by atoms with Crippen LogP contribution in [0.15, 0.2) is 58.9 Å². The molecule has 1 aliphatic carbocycles. The van der Waals surface area contributed by atoms with Crippen LogP contribution < -0.4 is 4.74 Å². The third-order valence-corrected chi connectivity index (χ3v) is 8.14. The number of thiazole rings is 1. The van der Waals surface area contributed by atoms with Gasteiger partial charge in [0.2, 0.25) is 0 Å². The van der Waals surface area contributed by atoms with Gasteiger partial charge in [0.1, 0.15) is 11.5 Å². The first-order valence-corrected chi connectivity index (χ1v) is 13.7. The maximum Gasteiger partial charge on any atom is 0.320 e. The topological polar surface area (TPSA) is 74.7 Å². The lowest BCUT2D eigenvalue weighted by molar-refractivity contribution is -0.163. The summed E-state index contributed by atoms with van der Waals surface area (Å²) in [6.07, 6.45) is 2.46. The van der Waals surface area contributed by atoms with Crippen LogP contribution in [-0.4, -0.2) is 30.1 Å². The number of aryl methyl sites for hydroxylation is 1. The van der Waals surface area contributed by atoms with Gasteiger partial charge < -0.3 is 14.2 Å². The second kappa shape index (κ2) is 12.2. The summed E-state index contributed by atoms with van der Waals surface area (Å²) in [5.74, 6) is 0.101. The number of fused-ring (bicyclic) bond motifs is 1.